The molecule has 0 aliphatic heterocycles. The molecule has 0 amide bonds. The van der Waals surface area contributed by atoms with Gasteiger partial charge in [-0.15, -0.1) is 0 Å². The lowest BCUT2D eigenvalue weighted by molar-refractivity contribution is -0.139. The number of hydrogen-bond donors (Lipinski definition) is 2. The molecule has 1 unspecified atom stereocenters. The molecule has 0 spiro atoms. The SMILES string of the molecule is CCCC[C@H](NCC(C)c1ccccc1)C(=O)O. The van der Waals surface area contributed by atoms with E-state index >= 15 is 0 Å². The van der Waals surface area contributed by atoms with Crippen LogP contribution in [0.1, 0.15) is 44.6 Å². The number of carbonyl (C=O) groups is 1. The van der Waals surface area contributed by atoms with Crippen LogP contribution in [0.15, 0.2) is 30.3 Å². The van der Waals surface area contributed by atoms with Crippen molar-refractivity contribution in [3.05, 3.63) is 35.9 Å². The maximum Gasteiger partial charge on any atom is 0.320 e. The second kappa shape index (κ2) is 7.88. The predicted octanol–water partition coefficient (Wildman–Crippen LogP) is 3.02. The third kappa shape index (κ3) is 4.88. The normalized spacial score (nSPS) is 14.1. The van der Waals surface area contributed by atoms with E-state index in [0.29, 0.717) is 18.9 Å². The van der Waals surface area contributed by atoms with Gasteiger partial charge in [-0.3, -0.25) is 4.79 Å². The van der Waals surface area contributed by atoms with Crippen LogP contribution in [-0.2, 0) is 4.79 Å². The minimum atomic E-state index is -0.747. The topological polar surface area (TPSA) is 49.3 Å². The van der Waals surface area contributed by atoms with Crippen molar-refractivity contribution in [1.82, 2.24) is 5.32 Å². The Morgan fingerprint density at radius 2 is 2.00 bits per heavy atom. The van der Waals surface area contributed by atoms with Gasteiger partial charge in [0.1, 0.15) is 6.04 Å². The van der Waals surface area contributed by atoms with E-state index < -0.39 is 12.0 Å². The lowest BCUT2D eigenvalue weighted by atomic mass is 10.0. The van der Waals surface area contributed by atoms with Crippen LogP contribution < -0.4 is 5.32 Å². The van der Waals surface area contributed by atoms with E-state index in [-0.39, 0.29) is 0 Å². The number of hydrogen-bond acceptors (Lipinski definition) is 2. The minimum Gasteiger partial charge on any atom is -0.480 e. The van der Waals surface area contributed by atoms with Crippen molar-refractivity contribution in [2.75, 3.05) is 6.54 Å². The molecule has 0 aliphatic rings. The average molecular weight is 249 g/mol. The van der Waals surface area contributed by atoms with Crippen LogP contribution in [0, 0.1) is 0 Å². The fraction of sp³-hybridized carbons (Fsp3) is 0.533. The molecule has 2 atom stereocenters. The van der Waals surface area contributed by atoms with Crippen molar-refractivity contribution >= 4 is 5.97 Å². The highest BCUT2D eigenvalue weighted by atomic mass is 16.4. The van der Waals surface area contributed by atoms with E-state index in [4.69, 9.17) is 5.11 Å². The van der Waals surface area contributed by atoms with Crippen molar-refractivity contribution in [3.8, 4) is 0 Å². The van der Waals surface area contributed by atoms with Gasteiger partial charge < -0.3 is 10.4 Å². The van der Waals surface area contributed by atoms with Crippen molar-refractivity contribution in [1.29, 1.82) is 0 Å². The average Bonchev–Trinajstić information content (AvgIpc) is 2.39. The molecule has 3 nitrogen and oxygen atoms in total. The summed E-state index contributed by atoms with van der Waals surface area (Å²) in [7, 11) is 0. The van der Waals surface area contributed by atoms with Crippen molar-refractivity contribution in [3.63, 3.8) is 0 Å². The van der Waals surface area contributed by atoms with Crippen LogP contribution in [0.4, 0.5) is 0 Å². The van der Waals surface area contributed by atoms with Gasteiger partial charge in [-0.2, -0.15) is 0 Å². The fourth-order valence-electron chi connectivity index (χ4n) is 1.94. The molecule has 3 heteroatoms. The molecule has 0 aromatic heterocycles. The van der Waals surface area contributed by atoms with Gasteiger partial charge in [-0.1, -0.05) is 57.0 Å². The van der Waals surface area contributed by atoms with Crippen LogP contribution in [-0.4, -0.2) is 23.7 Å². The van der Waals surface area contributed by atoms with E-state index in [1.807, 2.05) is 18.2 Å². The summed E-state index contributed by atoms with van der Waals surface area (Å²) in [6, 6.07) is 9.75. The monoisotopic (exact) mass is 249 g/mol. The van der Waals surface area contributed by atoms with E-state index in [9.17, 15) is 4.79 Å². The van der Waals surface area contributed by atoms with Gasteiger partial charge in [0.05, 0.1) is 0 Å². The lowest BCUT2D eigenvalue weighted by Gasteiger charge is -2.18. The zero-order valence-electron chi connectivity index (χ0n) is 11.2. The maximum absolute atomic E-state index is 11.1. The summed E-state index contributed by atoms with van der Waals surface area (Å²) in [5, 5.41) is 12.3. The molecule has 0 saturated carbocycles. The third-order valence-electron chi connectivity index (χ3n) is 3.18. The zero-order valence-corrected chi connectivity index (χ0v) is 11.2. The Hall–Kier alpha value is -1.35. The smallest absolute Gasteiger partial charge is 0.320 e. The standard InChI is InChI=1S/C15H23NO2/c1-3-4-10-14(15(17)18)16-11-12(2)13-8-6-5-7-9-13/h5-9,12,14,16H,3-4,10-11H2,1-2H3,(H,17,18)/t12?,14-/m0/s1. The Balaban J connectivity index is 2.44. The molecule has 100 valence electrons. The zero-order chi connectivity index (χ0) is 13.4. The Morgan fingerprint density at radius 1 is 1.33 bits per heavy atom. The summed E-state index contributed by atoms with van der Waals surface area (Å²) in [5.41, 5.74) is 1.24. The minimum absolute atomic E-state index is 0.328. The Kier molecular flexibility index (Phi) is 6.44. The van der Waals surface area contributed by atoms with E-state index in [2.05, 4.69) is 31.3 Å². The second-order valence-electron chi connectivity index (χ2n) is 4.75. The summed E-state index contributed by atoms with van der Waals surface area (Å²) < 4.78 is 0. The number of benzene rings is 1. The highest BCUT2D eigenvalue weighted by Gasteiger charge is 2.17. The number of aliphatic carboxylic acids is 1. The van der Waals surface area contributed by atoms with Crippen LogP contribution in [0.2, 0.25) is 0 Å². The Labute approximate surface area is 109 Å². The van der Waals surface area contributed by atoms with E-state index in [0.717, 1.165) is 12.8 Å². The van der Waals surface area contributed by atoms with E-state index in [1.165, 1.54) is 5.56 Å². The number of unbranched alkanes of at least 4 members (excludes halogenated alkanes) is 1. The van der Waals surface area contributed by atoms with Gasteiger partial charge >= 0.3 is 5.97 Å². The molecule has 18 heavy (non-hydrogen) atoms. The van der Waals surface area contributed by atoms with Crippen molar-refractivity contribution in [2.45, 2.75) is 45.1 Å². The molecule has 1 aromatic carbocycles. The molecule has 0 saturated heterocycles. The number of rotatable bonds is 8. The molecule has 0 bridgehead atoms. The molecule has 0 aliphatic carbocycles. The summed E-state index contributed by atoms with van der Waals surface area (Å²) in [5.74, 6) is -0.418. The van der Waals surface area contributed by atoms with Gasteiger partial charge in [0, 0.05) is 6.54 Å². The molecular weight excluding hydrogens is 226 g/mol. The predicted molar refractivity (Wildman–Crippen MR) is 73.8 cm³/mol. The quantitative estimate of drug-likeness (QED) is 0.744. The van der Waals surface area contributed by atoms with Gasteiger partial charge in [-0.25, -0.2) is 0 Å². The fourth-order valence-corrected chi connectivity index (χ4v) is 1.94. The van der Waals surface area contributed by atoms with Gasteiger partial charge in [-0.05, 0) is 17.9 Å². The van der Waals surface area contributed by atoms with Crippen LogP contribution in [0.25, 0.3) is 0 Å². The third-order valence-corrected chi connectivity index (χ3v) is 3.18. The first kappa shape index (κ1) is 14.7. The number of carboxylic acids is 1. The number of nitrogens with one attached hydrogen (secondary N) is 1. The summed E-state index contributed by atoms with van der Waals surface area (Å²) in [6.45, 7) is 4.89. The van der Waals surface area contributed by atoms with Crippen LogP contribution >= 0.6 is 0 Å². The first-order valence-electron chi connectivity index (χ1n) is 6.66. The Morgan fingerprint density at radius 3 is 2.56 bits per heavy atom. The number of carboxylic acid groups (broad SMARTS) is 1. The molecule has 0 fully saturated rings. The van der Waals surface area contributed by atoms with Crippen molar-refractivity contribution in [2.24, 2.45) is 0 Å². The van der Waals surface area contributed by atoms with Gasteiger partial charge in [0.25, 0.3) is 0 Å². The molecular formula is C15H23NO2. The summed E-state index contributed by atoms with van der Waals surface area (Å²) in [6.07, 6.45) is 2.68. The Bertz CT molecular complexity index is 351. The molecule has 1 aromatic rings. The molecule has 0 radical (unpaired) electrons. The van der Waals surface area contributed by atoms with Crippen LogP contribution in [0.5, 0.6) is 0 Å². The summed E-state index contributed by atoms with van der Waals surface area (Å²) in [4.78, 5) is 11.1. The summed E-state index contributed by atoms with van der Waals surface area (Å²) >= 11 is 0. The largest absolute Gasteiger partial charge is 0.480 e. The molecule has 0 heterocycles. The molecule has 1 rings (SSSR count). The first-order valence-corrected chi connectivity index (χ1v) is 6.66. The lowest BCUT2D eigenvalue weighted by Crippen LogP contribution is -2.38. The second-order valence-corrected chi connectivity index (χ2v) is 4.75. The first-order chi connectivity index (χ1) is 8.65. The van der Waals surface area contributed by atoms with E-state index in [1.54, 1.807) is 0 Å². The van der Waals surface area contributed by atoms with Gasteiger partial charge in [0.2, 0.25) is 0 Å². The van der Waals surface area contributed by atoms with Gasteiger partial charge in [0.15, 0.2) is 0 Å². The van der Waals surface area contributed by atoms with Crippen LogP contribution in [0.3, 0.4) is 0 Å². The van der Waals surface area contributed by atoms with Crippen molar-refractivity contribution < 1.29 is 9.90 Å². The maximum atomic E-state index is 11.1. The highest BCUT2D eigenvalue weighted by molar-refractivity contribution is 5.73. The highest BCUT2D eigenvalue weighted by Crippen LogP contribution is 2.13. The molecule has 2 N–H and O–H groups in total.